The van der Waals surface area contributed by atoms with E-state index in [1.165, 1.54) is 36.2 Å². The number of fused-ring (bicyclic) bond motifs is 4. The van der Waals surface area contributed by atoms with Crippen molar-refractivity contribution < 1.29 is 33.8 Å². The van der Waals surface area contributed by atoms with Gasteiger partial charge < -0.3 is 14.6 Å². The summed E-state index contributed by atoms with van der Waals surface area (Å²) < 4.78 is 11.5. The highest BCUT2D eigenvalue weighted by Crippen LogP contribution is 2.60. The van der Waals surface area contributed by atoms with Crippen molar-refractivity contribution in [2.24, 2.45) is 29.6 Å². The average Bonchev–Trinajstić information content (AvgIpc) is 3.44. The molecule has 3 aromatic rings. The van der Waals surface area contributed by atoms with Crippen molar-refractivity contribution in [3.05, 3.63) is 101 Å². The van der Waals surface area contributed by atoms with Crippen molar-refractivity contribution in [2.45, 2.75) is 31.8 Å². The molecule has 9 nitrogen and oxygen atoms in total. The first kappa shape index (κ1) is 28.8. The zero-order valence-electron chi connectivity index (χ0n) is 25.1. The van der Waals surface area contributed by atoms with Crippen LogP contribution in [0.25, 0.3) is 0 Å². The molecule has 0 aromatic heterocycles. The molecule has 1 saturated carbocycles. The minimum atomic E-state index is -0.764. The highest BCUT2D eigenvalue weighted by molar-refractivity contribution is 6.08. The van der Waals surface area contributed by atoms with Gasteiger partial charge in [-0.15, -0.1) is 0 Å². The van der Waals surface area contributed by atoms with E-state index in [0.717, 1.165) is 16.7 Å². The van der Waals surface area contributed by atoms with Gasteiger partial charge in [-0.05, 0) is 29.9 Å². The summed E-state index contributed by atoms with van der Waals surface area (Å²) in [4.78, 5) is 58.9. The van der Waals surface area contributed by atoms with Gasteiger partial charge in [-0.1, -0.05) is 72.3 Å². The van der Waals surface area contributed by atoms with Gasteiger partial charge in [0.25, 0.3) is 0 Å². The molecule has 230 valence electrons. The Kier molecular flexibility index (Phi) is 7.19. The lowest BCUT2D eigenvalue weighted by molar-refractivity contribution is -0.142. The molecular weight excluding hydrogens is 572 g/mol. The van der Waals surface area contributed by atoms with E-state index in [9.17, 15) is 24.3 Å². The average molecular weight is 607 g/mol. The van der Waals surface area contributed by atoms with Gasteiger partial charge in [0.05, 0.1) is 51.0 Å². The van der Waals surface area contributed by atoms with E-state index in [1.54, 1.807) is 0 Å². The SMILES string of the molecule is COc1cc(O)cc(OC)c1C1C2=CCC3C(=O)N(Cc4ccccc4)C(=O)C3C2CC2C(=O)N(Cc3ccccc3)C(=O)C21. The fourth-order valence-electron chi connectivity index (χ4n) is 8.12. The molecule has 3 fully saturated rings. The summed E-state index contributed by atoms with van der Waals surface area (Å²) in [6.45, 7) is 0.324. The van der Waals surface area contributed by atoms with Crippen molar-refractivity contribution in [1.29, 1.82) is 0 Å². The van der Waals surface area contributed by atoms with Crippen LogP contribution >= 0.6 is 0 Å². The molecule has 45 heavy (non-hydrogen) atoms. The predicted octanol–water partition coefficient (Wildman–Crippen LogP) is 4.45. The second-order valence-corrected chi connectivity index (χ2v) is 12.3. The second-order valence-electron chi connectivity index (χ2n) is 12.3. The van der Waals surface area contributed by atoms with Crippen LogP contribution in [0.1, 0.15) is 35.4 Å². The lowest BCUT2D eigenvalue weighted by Crippen LogP contribution is -2.43. The summed E-state index contributed by atoms with van der Waals surface area (Å²) in [6.07, 6.45) is 2.62. The van der Waals surface area contributed by atoms with E-state index in [0.29, 0.717) is 23.5 Å². The first-order chi connectivity index (χ1) is 21.8. The number of rotatable bonds is 7. The number of hydrogen-bond acceptors (Lipinski definition) is 7. The summed E-state index contributed by atoms with van der Waals surface area (Å²) in [5.41, 5.74) is 3.08. The summed E-state index contributed by atoms with van der Waals surface area (Å²) in [5, 5.41) is 10.4. The number of phenols is 1. The molecule has 0 spiro atoms. The number of amides is 4. The number of methoxy groups -OCH3 is 2. The number of nitrogens with zero attached hydrogens (tertiary/aromatic N) is 2. The van der Waals surface area contributed by atoms with E-state index >= 15 is 0 Å². The second kappa shape index (κ2) is 11.2. The molecule has 4 aliphatic rings. The normalized spacial score (nSPS) is 27.2. The first-order valence-corrected chi connectivity index (χ1v) is 15.3. The smallest absolute Gasteiger partial charge is 0.234 e. The zero-order valence-corrected chi connectivity index (χ0v) is 25.1. The number of benzene rings is 3. The van der Waals surface area contributed by atoms with Crippen LogP contribution in [0.2, 0.25) is 0 Å². The van der Waals surface area contributed by atoms with Gasteiger partial charge in [-0.25, -0.2) is 0 Å². The van der Waals surface area contributed by atoms with Crippen LogP contribution in [-0.2, 0) is 32.3 Å². The number of aromatic hydroxyl groups is 1. The Morgan fingerprint density at radius 2 is 1.20 bits per heavy atom. The molecular formula is C36H34N2O7. The Labute approximate surface area is 261 Å². The van der Waals surface area contributed by atoms with Gasteiger partial charge >= 0.3 is 0 Å². The molecule has 2 aliphatic carbocycles. The third-order valence-electron chi connectivity index (χ3n) is 10.0. The minimum absolute atomic E-state index is 0.0679. The van der Waals surface area contributed by atoms with Crippen molar-refractivity contribution >= 4 is 23.6 Å². The Balaban J connectivity index is 1.33. The monoisotopic (exact) mass is 606 g/mol. The highest BCUT2D eigenvalue weighted by Gasteiger charge is 2.62. The number of allylic oxidation sites excluding steroid dienone is 2. The van der Waals surface area contributed by atoms with Gasteiger partial charge in [0.1, 0.15) is 17.2 Å². The molecule has 0 radical (unpaired) electrons. The molecule has 9 heteroatoms. The third-order valence-corrected chi connectivity index (χ3v) is 10.0. The van der Waals surface area contributed by atoms with Crippen molar-refractivity contribution in [1.82, 2.24) is 9.80 Å². The zero-order chi connectivity index (χ0) is 31.4. The maximum atomic E-state index is 14.3. The van der Waals surface area contributed by atoms with Crippen LogP contribution in [0.15, 0.2) is 84.4 Å². The quantitative estimate of drug-likeness (QED) is 0.312. The van der Waals surface area contributed by atoms with Crippen LogP contribution in [-0.4, -0.2) is 52.8 Å². The molecule has 4 amide bonds. The molecule has 3 aromatic carbocycles. The van der Waals surface area contributed by atoms with E-state index < -0.39 is 35.5 Å². The highest BCUT2D eigenvalue weighted by atomic mass is 16.5. The Bertz CT molecular complexity index is 1690. The summed E-state index contributed by atoms with van der Waals surface area (Å²) in [7, 11) is 2.95. The van der Waals surface area contributed by atoms with Gasteiger partial charge in [-0.2, -0.15) is 0 Å². The lowest BCUT2D eigenvalue weighted by Gasteiger charge is -2.44. The number of hydrogen-bond donors (Lipinski definition) is 1. The molecule has 0 bridgehead atoms. The predicted molar refractivity (Wildman–Crippen MR) is 163 cm³/mol. The summed E-state index contributed by atoms with van der Waals surface area (Å²) >= 11 is 0. The third kappa shape index (κ3) is 4.60. The van der Waals surface area contributed by atoms with Crippen molar-refractivity contribution in [3.63, 3.8) is 0 Å². The first-order valence-electron chi connectivity index (χ1n) is 15.3. The van der Waals surface area contributed by atoms with E-state index in [4.69, 9.17) is 9.47 Å². The topological polar surface area (TPSA) is 113 Å². The van der Waals surface area contributed by atoms with Gasteiger partial charge in [0.2, 0.25) is 23.6 Å². The Hall–Kier alpha value is -4.92. The van der Waals surface area contributed by atoms with Crippen LogP contribution in [0, 0.1) is 29.6 Å². The number of phenolic OH excluding ortho intramolecular Hbond substituents is 1. The number of imide groups is 2. The van der Waals surface area contributed by atoms with Gasteiger partial charge in [0.15, 0.2) is 0 Å². The number of likely N-dealkylation sites (tertiary alicyclic amines) is 2. The van der Waals surface area contributed by atoms with E-state index in [2.05, 4.69) is 0 Å². The van der Waals surface area contributed by atoms with Crippen LogP contribution in [0.3, 0.4) is 0 Å². The molecule has 2 aliphatic heterocycles. The molecule has 1 N–H and O–H groups in total. The van der Waals surface area contributed by atoms with E-state index in [-0.39, 0.29) is 48.9 Å². The molecule has 6 unspecified atom stereocenters. The largest absolute Gasteiger partial charge is 0.508 e. The summed E-state index contributed by atoms with van der Waals surface area (Å²) in [6, 6.07) is 21.7. The van der Waals surface area contributed by atoms with Crippen LogP contribution < -0.4 is 9.47 Å². The Morgan fingerprint density at radius 1 is 0.689 bits per heavy atom. The molecule has 2 saturated heterocycles. The van der Waals surface area contributed by atoms with Crippen LogP contribution in [0.4, 0.5) is 0 Å². The molecule has 6 atom stereocenters. The summed E-state index contributed by atoms with van der Waals surface area (Å²) in [5.74, 6) is -4.22. The van der Waals surface area contributed by atoms with Crippen molar-refractivity contribution in [3.8, 4) is 17.2 Å². The van der Waals surface area contributed by atoms with E-state index in [1.807, 2.05) is 66.7 Å². The molecule has 2 heterocycles. The minimum Gasteiger partial charge on any atom is -0.508 e. The van der Waals surface area contributed by atoms with Gasteiger partial charge in [0, 0.05) is 23.6 Å². The fraction of sp³-hybridized carbons (Fsp3) is 0.333. The van der Waals surface area contributed by atoms with Crippen LogP contribution in [0.5, 0.6) is 17.2 Å². The van der Waals surface area contributed by atoms with Gasteiger partial charge in [-0.3, -0.25) is 29.0 Å². The van der Waals surface area contributed by atoms with Crippen molar-refractivity contribution in [2.75, 3.05) is 14.2 Å². The maximum Gasteiger partial charge on any atom is 0.234 e. The molecule has 7 rings (SSSR count). The standard InChI is InChI=1S/C36H34N2O7/c1-44-27-15-22(39)16-28(45-2)32(27)30-23-13-14-24-29(35(42)37(33(24)40)18-20-9-5-3-6-10-20)25(23)17-26-31(30)36(43)38(34(26)41)19-21-11-7-4-8-12-21/h3-13,15-16,24-26,29-31,39H,14,17-19H2,1-2H3. The lowest BCUT2D eigenvalue weighted by atomic mass is 9.57. The number of ether oxygens (including phenoxy) is 2. The fourth-order valence-corrected chi connectivity index (χ4v) is 8.12. The Morgan fingerprint density at radius 3 is 1.73 bits per heavy atom. The number of carbonyl (C=O) groups is 4. The number of carbonyl (C=O) groups excluding carboxylic acids is 4. The maximum absolute atomic E-state index is 14.3.